The van der Waals surface area contributed by atoms with Crippen LogP contribution in [0.25, 0.3) is 16.6 Å². The van der Waals surface area contributed by atoms with Crippen LogP contribution in [0.3, 0.4) is 0 Å². The van der Waals surface area contributed by atoms with Crippen molar-refractivity contribution in [2.75, 3.05) is 36.0 Å². The Morgan fingerprint density at radius 2 is 2.06 bits per heavy atom. The van der Waals surface area contributed by atoms with Gasteiger partial charge in [0.15, 0.2) is 12.4 Å². The number of para-hydroxylation sites is 1. The van der Waals surface area contributed by atoms with Gasteiger partial charge in [-0.25, -0.2) is 5.84 Å². The lowest BCUT2D eigenvalue weighted by molar-refractivity contribution is -0.130. The first-order chi connectivity index (χ1) is 15.5. The first kappa shape index (κ1) is 20.3. The smallest absolute Gasteiger partial charge is 0.248 e. The molecule has 2 atom stereocenters. The zero-order chi connectivity index (χ0) is 22.2. The van der Waals surface area contributed by atoms with Crippen LogP contribution < -0.4 is 27.1 Å². The molecule has 1 aromatic heterocycles. The number of hydrogen-bond acceptors (Lipinski definition) is 8. The molecule has 0 spiro atoms. The number of amides is 1. The number of hydrazine groups is 1. The monoisotopic (exact) mass is 434 g/mol. The fourth-order valence-corrected chi connectivity index (χ4v) is 4.31. The number of morpholine rings is 1. The highest BCUT2D eigenvalue weighted by molar-refractivity contribution is 5.83. The molecule has 166 valence electrons. The first-order valence-electron chi connectivity index (χ1n) is 10.5. The number of anilines is 2. The van der Waals surface area contributed by atoms with Crippen LogP contribution in [0.5, 0.6) is 0 Å². The SMILES string of the molecule is NC(=O)C1CN(c2ccccc2C2=CCN(c3ccc4cn[nH]c4c3)C(N)N2N)CCO1. The van der Waals surface area contributed by atoms with E-state index in [4.69, 9.17) is 22.0 Å². The number of nitrogens with zero attached hydrogens (tertiary/aromatic N) is 4. The highest BCUT2D eigenvalue weighted by Gasteiger charge is 2.30. The molecule has 0 radical (unpaired) electrons. The number of ether oxygens (including phenoxy) is 1. The molecule has 2 aromatic carbocycles. The van der Waals surface area contributed by atoms with Crippen molar-refractivity contribution in [1.82, 2.24) is 15.2 Å². The maximum atomic E-state index is 11.7. The molecule has 1 saturated heterocycles. The molecule has 2 aliphatic heterocycles. The molecule has 1 amide bonds. The van der Waals surface area contributed by atoms with Gasteiger partial charge in [-0.1, -0.05) is 18.2 Å². The van der Waals surface area contributed by atoms with Crippen molar-refractivity contribution in [2.24, 2.45) is 17.3 Å². The summed E-state index contributed by atoms with van der Waals surface area (Å²) in [5.74, 6) is 6.05. The van der Waals surface area contributed by atoms with Crippen molar-refractivity contribution in [1.29, 1.82) is 0 Å². The van der Waals surface area contributed by atoms with Crippen LogP contribution in [0, 0.1) is 0 Å². The van der Waals surface area contributed by atoms with Crippen molar-refractivity contribution in [3.05, 3.63) is 60.3 Å². The van der Waals surface area contributed by atoms with Gasteiger partial charge in [0, 0.05) is 35.4 Å². The maximum absolute atomic E-state index is 11.7. The van der Waals surface area contributed by atoms with E-state index in [1.165, 1.54) is 0 Å². The van der Waals surface area contributed by atoms with E-state index in [0.717, 1.165) is 33.5 Å². The molecular formula is C22H26N8O2. The number of H-pyrrole nitrogens is 1. The van der Waals surface area contributed by atoms with Crippen LogP contribution in [0.4, 0.5) is 11.4 Å². The molecule has 2 aliphatic rings. The Balaban J connectivity index is 1.45. The summed E-state index contributed by atoms with van der Waals surface area (Å²) in [5, 5.41) is 9.68. The number of carbonyl (C=O) groups excluding carboxylic acids is 1. The molecule has 0 aliphatic carbocycles. The number of aromatic nitrogens is 2. The Kier molecular flexibility index (Phi) is 5.17. The summed E-state index contributed by atoms with van der Waals surface area (Å²) in [4.78, 5) is 15.8. The maximum Gasteiger partial charge on any atom is 0.248 e. The number of primary amides is 1. The second-order valence-corrected chi connectivity index (χ2v) is 7.93. The molecular weight excluding hydrogens is 408 g/mol. The quantitative estimate of drug-likeness (QED) is 0.436. The predicted molar refractivity (Wildman–Crippen MR) is 123 cm³/mol. The van der Waals surface area contributed by atoms with Crippen molar-refractivity contribution in [2.45, 2.75) is 12.4 Å². The Bertz CT molecular complexity index is 1180. The molecule has 3 aromatic rings. The third-order valence-electron chi connectivity index (χ3n) is 6.03. The number of nitrogens with two attached hydrogens (primary N) is 3. The molecule has 32 heavy (non-hydrogen) atoms. The standard InChI is InChI=1S/C22H26N8O2/c23-21(31)20-13-28(9-10-32-20)18-4-2-1-3-16(18)19-7-8-29(22(24)30(19)25)15-6-5-14-12-26-27-17(14)11-15/h1-7,11-12,20,22H,8-10,13,24-25H2,(H2,23,31)(H,26,27). The third-order valence-corrected chi connectivity index (χ3v) is 6.03. The van der Waals surface area contributed by atoms with E-state index in [1.807, 2.05) is 47.4 Å². The minimum Gasteiger partial charge on any atom is -0.367 e. The van der Waals surface area contributed by atoms with Gasteiger partial charge in [-0.15, -0.1) is 0 Å². The van der Waals surface area contributed by atoms with E-state index < -0.39 is 18.3 Å². The summed E-state index contributed by atoms with van der Waals surface area (Å²) >= 11 is 0. The fourth-order valence-electron chi connectivity index (χ4n) is 4.31. The van der Waals surface area contributed by atoms with Gasteiger partial charge >= 0.3 is 0 Å². The number of benzene rings is 2. The largest absolute Gasteiger partial charge is 0.367 e. The van der Waals surface area contributed by atoms with Crippen molar-refractivity contribution >= 4 is 33.9 Å². The van der Waals surface area contributed by atoms with Crippen molar-refractivity contribution in [3.8, 4) is 0 Å². The number of fused-ring (bicyclic) bond motifs is 1. The van der Waals surface area contributed by atoms with Gasteiger partial charge in [0.1, 0.15) is 0 Å². The van der Waals surface area contributed by atoms with Crippen LogP contribution in [-0.2, 0) is 9.53 Å². The van der Waals surface area contributed by atoms with Crippen LogP contribution >= 0.6 is 0 Å². The second kappa shape index (κ2) is 8.15. The summed E-state index contributed by atoms with van der Waals surface area (Å²) in [6.45, 7) is 2.06. The minimum atomic E-state index is -0.638. The first-order valence-corrected chi connectivity index (χ1v) is 10.5. The van der Waals surface area contributed by atoms with Gasteiger partial charge in [-0.05, 0) is 30.3 Å². The topological polar surface area (TPSA) is 143 Å². The van der Waals surface area contributed by atoms with Crippen LogP contribution in [0.1, 0.15) is 5.56 Å². The van der Waals surface area contributed by atoms with Gasteiger partial charge in [0.2, 0.25) is 5.91 Å². The number of aromatic amines is 1. The van der Waals surface area contributed by atoms with Crippen molar-refractivity contribution < 1.29 is 9.53 Å². The molecule has 10 heteroatoms. The van der Waals surface area contributed by atoms with Gasteiger partial charge in [0.05, 0.1) is 30.6 Å². The predicted octanol–water partition coefficient (Wildman–Crippen LogP) is 0.533. The van der Waals surface area contributed by atoms with Crippen LogP contribution in [-0.4, -0.2) is 59.7 Å². The highest BCUT2D eigenvalue weighted by Crippen LogP contribution is 2.33. The number of rotatable bonds is 4. The van der Waals surface area contributed by atoms with E-state index in [-0.39, 0.29) is 0 Å². The average Bonchev–Trinajstić information content (AvgIpc) is 3.29. The summed E-state index contributed by atoms with van der Waals surface area (Å²) < 4.78 is 5.50. The summed E-state index contributed by atoms with van der Waals surface area (Å²) in [6.07, 6.45) is 2.65. The Labute approximate surface area is 185 Å². The normalized spacial score (nSPS) is 21.7. The fraction of sp³-hybridized carbons (Fsp3) is 0.273. The van der Waals surface area contributed by atoms with Gasteiger partial charge < -0.3 is 20.3 Å². The zero-order valence-corrected chi connectivity index (χ0v) is 17.5. The average molecular weight is 435 g/mol. The lowest BCUT2D eigenvalue weighted by Gasteiger charge is -2.42. The Morgan fingerprint density at radius 1 is 1.22 bits per heavy atom. The van der Waals surface area contributed by atoms with E-state index in [0.29, 0.717) is 26.2 Å². The third kappa shape index (κ3) is 3.54. The molecule has 0 saturated carbocycles. The van der Waals surface area contributed by atoms with Crippen LogP contribution in [0.2, 0.25) is 0 Å². The molecule has 0 bridgehead atoms. The van der Waals surface area contributed by atoms with E-state index in [2.05, 4.69) is 21.2 Å². The summed E-state index contributed by atoms with van der Waals surface area (Å²) in [5.41, 5.74) is 16.6. The minimum absolute atomic E-state index is 0.395. The van der Waals surface area contributed by atoms with Gasteiger partial charge in [0.25, 0.3) is 0 Å². The molecule has 3 heterocycles. The van der Waals surface area contributed by atoms with E-state index in [9.17, 15) is 4.79 Å². The zero-order valence-electron chi connectivity index (χ0n) is 17.5. The summed E-state index contributed by atoms with van der Waals surface area (Å²) in [6, 6.07) is 14.0. The number of hydrogen-bond donors (Lipinski definition) is 4. The molecule has 2 unspecified atom stereocenters. The van der Waals surface area contributed by atoms with Crippen LogP contribution in [0.15, 0.2) is 54.7 Å². The lowest BCUT2D eigenvalue weighted by atomic mass is 10.0. The lowest BCUT2D eigenvalue weighted by Crippen LogP contribution is -2.59. The summed E-state index contributed by atoms with van der Waals surface area (Å²) in [7, 11) is 0. The van der Waals surface area contributed by atoms with Crippen molar-refractivity contribution in [3.63, 3.8) is 0 Å². The van der Waals surface area contributed by atoms with E-state index in [1.54, 1.807) is 11.2 Å². The van der Waals surface area contributed by atoms with E-state index >= 15 is 0 Å². The molecule has 5 rings (SSSR count). The number of carbonyl (C=O) groups is 1. The van der Waals surface area contributed by atoms with Gasteiger partial charge in [-0.3, -0.25) is 20.6 Å². The molecule has 1 fully saturated rings. The number of nitrogens with one attached hydrogen (secondary N) is 1. The molecule has 10 nitrogen and oxygen atoms in total. The molecule has 7 N–H and O–H groups in total. The highest BCUT2D eigenvalue weighted by atomic mass is 16.5. The second-order valence-electron chi connectivity index (χ2n) is 7.93. The Morgan fingerprint density at radius 3 is 2.91 bits per heavy atom. The Hall–Kier alpha value is -3.60. The van der Waals surface area contributed by atoms with Gasteiger partial charge in [-0.2, -0.15) is 5.10 Å².